The molecule has 4 rings (SSSR count). The fourth-order valence-electron chi connectivity index (χ4n) is 2.94. The van der Waals surface area contributed by atoms with Crippen LogP contribution in [-0.4, -0.2) is 27.5 Å². The van der Waals surface area contributed by atoms with Crippen molar-refractivity contribution in [3.05, 3.63) is 76.4 Å². The van der Waals surface area contributed by atoms with Gasteiger partial charge in [0.1, 0.15) is 23.8 Å². The SMILES string of the molecule is O=C(c1cccc(Cl)c1)N1CCc2onc(COc3cccnc3)c2C1. The zero-order valence-corrected chi connectivity index (χ0v) is 14.6. The highest BCUT2D eigenvalue weighted by atomic mass is 35.5. The second-order valence-corrected chi connectivity index (χ2v) is 6.43. The molecule has 1 aliphatic heterocycles. The van der Waals surface area contributed by atoms with Crippen LogP contribution in [-0.2, 0) is 19.6 Å². The van der Waals surface area contributed by atoms with E-state index < -0.39 is 0 Å². The highest BCUT2D eigenvalue weighted by Gasteiger charge is 2.27. The van der Waals surface area contributed by atoms with Crippen LogP contribution in [0.2, 0.25) is 5.02 Å². The van der Waals surface area contributed by atoms with E-state index in [9.17, 15) is 4.79 Å². The number of nitrogens with zero attached hydrogens (tertiary/aromatic N) is 3. The van der Waals surface area contributed by atoms with Gasteiger partial charge in [-0.05, 0) is 30.3 Å². The minimum absolute atomic E-state index is 0.0570. The van der Waals surface area contributed by atoms with Gasteiger partial charge in [-0.2, -0.15) is 0 Å². The molecule has 6 nitrogen and oxygen atoms in total. The summed E-state index contributed by atoms with van der Waals surface area (Å²) < 4.78 is 11.1. The minimum Gasteiger partial charge on any atom is -0.486 e. The van der Waals surface area contributed by atoms with Crippen LogP contribution in [0, 0.1) is 0 Å². The molecule has 0 spiro atoms. The summed E-state index contributed by atoms with van der Waals surface area (Å²) in [4.78, 5) is 18.5. The lowest BCUT2D eigenvalue weighted by Crippen LogP contribution is -2.36. The molecule has 1 amide bonds. The largest absolute Gasteiger partial charge is 0.486 e. The molecule has 3 aromatic rings. The molecule has 0 saturated heterocycles. The predicted molar refractivity (Wildman–Crippen MR) is 95.0 cm³/mol. The average molecular weight is 370 g/mol. The summed E-state index contributed by atoms with van der Waals surface area (Å²) in [6.07, 6.45) is 3.95. The average Bonchev–Trinajstić information content (AvgIpc) is 3.09. The quantitative estimate of drug-likeness (QED) is 0.704. The summed E-state index contributed by atoms with van der Waals surface area (Å²) >= 11 is 6.00. The lowest BCUT2D eigenvalue weighted by atomic mass is 10.0. The van der Waals surface area contributed by atoms with E-state index >= 15 is 0 Å². The monoisotopic (exact) mass is 369 g/mol. The molecule has 0 aliphatic carbocycles. The topological polar surface area (TPSA) is 68.5 Å². The Morgan fingerprint density at radius 3 is 3.04 bits per heavy atom. The molecule has 0 unspecified atom stereocenters. The Bertz CT molecular complexity index is 927. The molecule has 1 aliphatic rings. The molecular weight excluding hydrogens is 354 g/mol. The van der Waals surface area contributed by atoms with Gasteiger partial charge in [-0.1, -0.05) is 22.8 Å². The lowest BCUT2D eigenvalue weighted by molar-refractivity contribution is 0.0728. The van der Waals surface area contributed by atoms with Crippen molar-refractivity contribution in [2.24, 2.45) is 0 Å². The van der Waals surface area contributed by atoms with E-state index in [4.69, 9.17) is 20.9 Å². The van der Waals surface area contributed by atoms with E-state index in [0.29, 0.717) is 41.5 Å². The Balaban J connectivity index is 1.49. The van der Waals surface area contributed by atoms with Gasteiger partial charge in [-0.15, -0.1) is 0 Å². The van der Waals surface area contributed by atoms with Gasteiger partial charge < -0.3 is 14.2 Å². The zero-order chi connectivity index (χ0) is 17.9. The number of aromatic nitrogens is 2. The van der Waals surface area contributed by atoms with Gasteiger partial charge in [-0.3, -0.25) is 9.78 Å². The maximum absolute atomic E-state index is 12.8. The first kappa shape index (κ1) is 16.6. The molecule has 0 fully saturated rings. The predicted octanol–water partition coefficient (Wildman–Crippen LogP) is 3.50. The number of fused-ring (bicyclic) bond motifs is 1. The highest BCUT2D eigenvalue weighted by Crippen LogP contribution is 2.25. The first-order chi connectivity index (χ1) is 12.7. The smallest absolute Gasteiger partial charge is 0.254 e. The van der Waals surface area contributed by atoms with Crippen molar-refractivity contribution in [3.8, 4) is 5.75 Å². The fourth-order valence-corrected chi connectivity index (χ4v) is 3.13. The Labute approximate surface area is 155 Å². The molecule has 0 radical (unpaired) electrons. The van der Waals surface area contributed by atoms with Crippen molar-refractivity contribution >= 4 is 17.5 Å². The molecule has 2 aromatic heterocycles. The van der Waals surface area contributed by atoms with Gasteiger partial charge in [0, 0.05) is 35.3 Å². The van der Waals surface area contributed by atoms with Gasteiger partial charge in [0.2, 0.25) is 0 Å². The summed E-state index contributed by atoms with van der Waals surface area (Å²) in [6, 6.07) is 10.6. The third-order valence-electron chi connectivity index (χ3n) is 4.28. The summed E-state index contributed by atoms with van der Waals surface area (Å²) in [7, 11) is 0. The minimum atomic E-state index is -0.0570. The molecule has 0 N–H and O–H groups in total. The van der Waals surface area contributed by atoms with Crippen molar-refractivity contribution in [1.29, 1.82) is 0 Å². The number of hydrogen-bond donors (Lipinski definition) is 0. The first-order valence-electron chi connectivity index (χ1n) is 8.24. The van der Waals surface area contributed by atoms with E-state index in [1.54, 1.807) is 47.6 Å². The molecular formula is C19H16ClN3O3. The second kappa shape index (κ2) is 7.17. The van der Waals surface area contributed by atoms with Crippen LogP contribution in [0.15, 0.2) is 53.3 Å². The van der Waals surface area contributed by atoms with Crippen molar-refractivity contribution in [2.75, 3.05) is 6.54 Å². The summed E-state index contributed by atoms with van der Waals surface area (Å²) in [5, 5.41) is 4.66. The van der Waals surface area contributed by atoms with Crippen molar-refractivity contribution in [1.82, 2.24) is 15.0 Å². The Morgan fingerprint density at radius 1 is 1.31 bits per heavy atom. The van der Waals surface area contributed by atoms with Gasteiger partial charge >= 0.3 is 0 Å². The number of ether oxygens (including phenoxy) is 1. The standard InChI is InChI=1S/C19H16ClN3O3/c20-14-4-1-3-13(9-14)19(24)23-8-6-18-16(11-23)17(22-26-18)12-25-15-5-2-7-21-10-15/h1-5,7,9-10H,6,8,11-12H2. The van der Waals surface area contributed by atoms with Crippen LogP contribution in [0.25, 0.3) is 0 Å². The van der Waals surface area contributed by atoms with Crippen molar-refractivity contribution in [2.45, 2.75) is 19.6 Å². The number of rotatable bonds is 4. The van der Waals surface area contributed by atoms with Crippen LogP contribution >= 0.6 is 11.6 Å². The molecule has 3 heterocycles. The van der Waals surface area contributed by atoms with Crippen LogP contribution in [0.4, 0.5) is 0 Å². The summed E-state index contributed by atoms with van der Waals surface area (Å²) in [6.45, 7) is 1.29. The fraction of sp³-hybridized carbons (Fsp3) is 0.211. The number of benzene rings is 1. The molecule has 1 aromatic carbocycles. The maximum atomic E-state index is 12.8. The molecule has 0 saturated carbocycles. The van der Waals surface area contributed by atoms with Gasteiger partial charge in [0.25, 0.3) is 5.91 Å². The third-order valence-corrected chi connectivity index (χ3v) is 4.51. The lowest BCUT2D eigenvalue weighted by Gasteiger charge is -2.26. The number of carbonyl (C=O) groups is 1. The maximum Gasteiger partial charge on any atom is 0.254 e. The van der Waals surface area contributed by atoms with Crippen LogP contribution < -0.4 is 4.74 Å². The van der Waals surface area contributed by atoms with Gasteiger partial charge in [0.05, 0.1) is 12.7 Å². The van der Waals surface area contributed by atoms with E-state index in [1.807, 2.05) is 6.07 Å². The van der Waals surface area contributed by atoms with E-state index in [0.717, 1.165) is 11.3 Å². The van der Waals surface area contributed by atoms with Crippen LogP contribution in [0.3, 0.4) is 0 Å². The Kier molecular flexibility index (Phi) is 4.58. The number of hydrogen-bond acceptors (Lipinski definition) is 5. The van der Waals surface area contributed by atoms with Crippen LogP contribution in [0.5, 0.6) is 5.75 Å². The Morgan fingerprint density at radius 2 is 2.23 bits per heavy atom. The molecule has 0 atom stereocenters. The molecule has 26 heavy (non-hydrogen) atoms. The zero-order valence-electron chi connectivity index (χ0n) is 13.9. The number of pyridine rings is 1. The number of halogens is 1. The van der Waals surface area contributed by atoms with E-state index in [2.05, 4.69) is 10.1 Å². The van der Waals surface area contributed by atoms with Crippen LogP contribution in [0.1, 0.15) is 27.4 Å². The van der Waals surface area contributed by atoms with E-state index in [-0.39, 0.29) is 12.5 Å². The first-order valence-corrected chi connectivity index (χ1v) is 8.62. The molecule has 132 valence electrons. The van der Waals surface area contributed by atoms with E-state index in [1.165, 1.54) is 0 Å². The molecule has 0 bridgehead atoms. The van der Waals surface area contributed by atoms with Crippen molar-refractivity contribution in [3.63, 3.8) is 0 Å². The number of carbonyl (C=O) groups excluding carboxylic acids is 1. The summed E-state index contributed by atoms with van der Waals surface area (Å²) in [5.74, 6) is 1.41. The third kappa shape index (κ3) is 3.41. The Hall–Kier alpha value is -2.86. The van der Waals surface area contributed by atoms with Gasteiger partial charge in [-0.25, -0.2) is 0 Å². The number of amides is 1. The normalized spacial score (nSPS) is 13.3. The highest BCUT2D eigenvalue weighted by molar-refractivity contribution is 6.30. The summed E-state index contributed by atoms with van der Waals surface area (Å²) in [5.41, 5.74) is 2.19. The van der Waals surface area contributed by atoms with Gasteiger partial charge in [0.15, 0.2) is 0 Å². The molecule has 7 heteroatoms. The van der Waals surface area contributed by atoms with Crippen molar-refractivity contribution < 1.29 is 14.1 Å². The second-order valence-electron chi connectivity index (χ2n) is 6.00.